The van der Waals surface area contributed by atoms with Gasteiger partial charge in [0.25, 0.3) is 5.91 Å². The van der Waals surface area contributed by atoms with Crippen molar-refractivity contribution in [3.63, 3.8) is 0 Å². The molecule has 0 saturated carbocycles. The number of methoxy groups -OCH3 is 1. The Morgan fingerprint density at radius 2 is 1.96 bits per heavy atom. The summed E-state index contributed by atoms with van der Waals surface area (Å²) in [5.41, 5.74) is 1.97. The molecule has 0 radical (unpaired) electrons. The highest BCUT2D eigenvalue weighted by molar-refractivity contribution is 5.77. The number of nitrogens with zero attached hydrogens (tertiary/aromatic N) is 3. The molecule has 27 heavy (non-hydrogen) atoms. The summed E-state index contributed by atoms with van der Waals surface area (Å²) in [7, 11) is 3.45. The molecule has 0 atom stereocenters. The number of aryl methyl sites for hydroxylation is 1. The summed E-state index contributed by atoms with van der Waals surface area (Å²) in [6.07, 6.45) is 2.38. The number of carbonyl (C=O) groups is 1. The van der Waals surface area contributed by atoms with Crippen LogP contribution in [0.4, 0.5) is 0 Å². The number of rotatable bonds is 8. The Labute approximate surface area is 158 Å². The van der Waals surface area contributed by atoms with E-state index in [2.05, 4.69) is 15.4 Å². The minimum Gasteiger partial charge on any atom is -0.497 e. The number of hydrogen-bond acceptors (Lipinski definition) is 5. The molecule has 7 nitrogen and oxygen atoms in total. The van der Waals surface area contributed by atoms with Crippen LogP contribution in [-0.2, 0) is 18.3 Å². The molecular formula is C20H22N4O3. The normalized spacial score (nSPS) is 10.4. The average molecular weight is 366 g/mol. The van der Waals surface area contributed by atoms with Crippen molar-refractivity contribution in [2.45, 2.75) is 6.42 Å². The van der Waals surface area contributed by atoms with Crippen molar-refractivity contribution in [1.29, 1.82) is 0 Å². The molecule has 2 aromatic carbocycles. The van der Waals surface area contributed by atoms with Crippen molar-refractivity contribution in [2.24, 2.45) is 7.05 Å². The average Bonchev–Trinajstić information content (AvgIpc) is 3.13. The monoisotopic (exact) mass is 366 g/mol. The third-order valence-corrected chi connectivity index (χ3v) is 3.96. The number of aromatic nitrogens is 3. The van der Waals surface area contributed by atoms with Crippen molar-refractivity contribution in [2.75, 3.05) is 20.3 Å². The van der Waals surface area contributed by atoms with E-state index in [9.17, 15) is 4.79 Å². The van der Waals surface area contributed by atoms with Crippen LogP contribution in [0, 0.1) is 0 Å². The Morgan fingerprint density at radius 1 is 1.15 bits per heavy atom. The number of amides is 1. The largest absolute Gasteiger partial charge is 0.497 e. The Hall–Kier alpha value is -3.35. The second-order valence-corrected chi connectivity index (χ2v) is 6.01. The minimum atomic E-state index is -0.162. The van der Waals surface area contributed by atoms with Gasteiger partial charge in [-0.2, -0.15) is 5.10 Å². The highest BCUT2D eigenvalue weighted by atomic mass is 16.5. The molecule has 0 aliphatic rings. The van der Waals surface area contributed by atoms with Crippen molar-refractivity contribution in [3.8, 4) is 22.9 Å². The maximum atomic E-state index is 12.0. The van der Waals surface area contributed by atoms with Gasteiger partial charge in [0.05, 0.1) is 7.11 Å². The Kier molecular flexibility index (Phi) is 6.04. The van der Waals surface area contributed by atoms with Crippen LogP contribution in [0.2, 0.25) is 0 Å². The summed E-state index contributed by atoms with van der Waals surface area (Å²) >= 11 is 0. The van der Waals surface area contributed by atoms with Crippen molar-refractivity contribution in [1.82, 2.24) is 20.1 Å². The van der Waals surface area contributed by atoms with Crippen LogP contribution in [0.1, 0.15) is 5.56 Å². The maximum Gasteiger partial charge on any atom is 0.257 e. The third-order valence-electron chi connectivity index (χ3n) is 3.96. The van der Waals surface area contributed by atoms with Crippen molar-refractivity contribution >= 4 is 5.91 Å². The first-order chi connectivity index (χ1) is 13.1. The Balaban J connectivity index is 1.45. The van der Waals surface area contributed by atoms with Gasteiger partial charge in [-0.3, -0.25) is 9.48 Å². The Morgan fingerprint density at radius 3 is 2.67 bits per heavy atom. The number of ether oxygens (including phenoxy) is 2. The predicted octanol–water partition coefficient (Wildman–Crippen LogP) is 2.23. The van der Waals surface area contributed by atoms with Crippen LogP contribution in [0.25, 0.3) is 11.4 Å². The van der Waals surface area contributed by atoms with Crippen LogP contribution in [0.5, 0.6) is 11.5 Å². The molecule has 3 aromatic rings. The molecule has 0 spiro atoms. The van der Waals surface area contributed by atoms with Gasteiger partial charge in [0.2, 0.25) is 0 Å². The third kappa shape index (κ3) is 5.31. The molecule has 0 saturated heterocycles. The SMILES string of the molecule is COc1ccc(CCNC(=O)COc2cccc(-c3ncn(C)n3)c2)cc1. The molecule has 0 fully saturated rings. The lowest BCUT2D eigenvalue weighted by atomic mass is 10.1. The van der Waals surface area contributed by atoms with Crippen LogP contribution in [0.15, 0.2) is 54.9 Å². The van der Waals surface area contributed by atoms with E-state index in [0.29, 0.717) is 18.1 Å². The zero-order valence-corrected chi connectivity index (χ0v) is 15.4. The van der Waals surface area contributed by atoms with Gasteiger partial charge in [-0.15, -0.1) is 0 Å². The van der Waals surface area contributed by atoms with Crippen molar-refractivity contribution < 1.29 is 14.3 Å². The van der Waals surface area contributed by atoms with E-state index in [-0.39, 0.29) is 12.5 Å². The van der Waals surface area contributed by atoms with Gasteiger partial charge in [0.15, 0.2) is 12.4 Å². The van der Waals surface area contributed by atoms with E-state index >= 15 is 0 Å². The molecule has 1 amide bonds. The molecule has 3 rings (SSSR count). The van der Waals surface area contributed by atoms with E-state index in [1.54, 1.807) is 24.2 Å². The summed E-state index contributed by atoms with van der Waals surface area (Å²) in [4.78, 5) is 16.2. The zero-order valence-electron chi connectivity index (χ0n) is 15.4. The van der Waals surface area contributed by atoms with Gasteiger partial charge in [0, 0.05) is 19.2 Å². The molecule has 1 heterocycles. The second-order valence-electron chi connectivity index (χ2n) is 6.01. The van der Waals surface area contributed by atoms with Gasteiger partial charge in [-0.25, -0.2) is 4.98 Å². The zero-order chi connectivity index (χ0) is 19.1. The van der Waals surface area contributed by atoms with E-state index in [1.807, 2.05) is 49.5 Å². The highest BCUT2D eigenvalue weighted by Crippen LogP contribution is 2.20. The van der Waals surface area contributed by atoms with Gasteiger partial charge < -0.3 is 14.8 Å². The molecule has 7 heteroatoms. The van der Waals surface area contributed by atoms with Gasteiger partial charge in [0.1, 0.15) is 17.8 Å². The lowest BCUT2D eigenvalue weighted by molar-refractivity contribution is -0.123. The first-order valence-corrected chi connectivity index (χ1v) is 8.62. The topological polar surface area (TPSA) is 78.3 Å². The summed E-state index contributed by atoms with van der Waals surface area (Å²) in [5.74, 6) is 1.88. The van der Waals surface area contributed by atoms with E-state index in [1.165, 1.54) is 0 Å². The molecule has 0 aliphatic heterocycles. The second kappa shape index (κ2) is 8.84. The van der Waals surface area contributed by atoms with E-state index < -0.39 is 0 Å². The van der Waals surface area contributed by atoms with Crippen LogP contribution < -0.4 is 14.8 Å². The summed E-state index contributed by atoms with van der Waals surface area (Å²) < 4.78 is 12.3. The number of nitrogens with one attached hydrogen (secondary N) is 1. The molecule has 140 valence electrons. The van der Waals surface area contributed by atoms with E-state index in [4.69, 9.17) is 9.47 Å². The fraction of sp³-hybridized carbons (Fsp3) is 0.250. The lowest BCUT2D eigenvalue weighted by Gasteiger charge is -2.08. The summed E-state index contributed by atoms with van der Waals surface area (Å²) in [6, 6.07) is 15.2. The van der Waals surface area contributed by atoms with Gasteiger partial charge in [-0.05, 0) is 36.2 Å². The van der Waals surface area contributed by atoms with Crippen molar-refractivity contribution in [3.05, 3.63) is 60.4 Å². The lowest BCUT2D eigenvalue weighted by Crippen LogP contribution is -2.30. The summed E-state index contributed by atoms with van der Waals surface area (Å²) in [6.45, 7) is 0.508. The standard InChI is InChI=1S/C20H22N4O3/c1-24-14-22-20(23-24)16-4-3-5-18(12-16)27-13-19(25)21-11-10-15-6-8-17(26-2)9-7-15/h3-9,12,14H,10-11,13H2,1-2H3,(H,21,25). The summed E-state index contributed by atoms with van der Waals surface area (Å²) in [5, 5.41) is 7.12. The van der Waals surface area contributed by atoms with Gasteiger partial charge >= 0.3 is 0 Å². The first-order valence-electron chi connectivity index (χ1n) is 8.62. The van der Waals surface area contributed by atoms with Gasteiger partial charge in [-0.1, -0.05) is 24.3 Å². The first kappa shape index (κ1) is 18.4. The van der Waals surface area contributed by atoms with Crippen LogP contribution >= 0.6 is 0 Å². The fourth-order valence-corrected chi connectivity index (χ4v) is 2.53. The van der Waals surface area contributed by atoms with Crippen LogP contribution in [-0.4, -0.2) is 40.9 Å². The number of carbonyl (C=O) groups excluding carboxylic acids is 1. The molecular weight excluding hydrogens is 344 g/mol. The predicted molar refractivity (Wildman–Crippen MR) is 102 cm³/mol. The molecule has 1 N–H and O–H groups in total. The molecule has 0 unspecified atom stereocenters. The number of hydrogen-bond donors (Lipinski definition) is 1. The highest BCUT2D eigenvalue weighted by Gasteiger charge is 2.06. The molecule has 0 bridgehead atoms. The fourth-order valence-electron chi connectivity index (χ4n) is 2.53. The molecule has 0 aliphatic carbocycles. The molecule has 1 aromatic heterocycles. The van der Waals surface area contributed by atoms with E-state index in [0.717, 1.165) is 23.3 Å². The quantitative estimate of drug-likeness (QED) is 0.661. The smallest absolute Gasteiger partial charge is 0.257 e. The maximum absolute atomic E-state index is 12.0. The Bertz CT molecular complexity index is 890. The number of benzene rings is 2. The van der Waals surface area contributed by atoms with Crippen LogP contribution in [0.3, 0.4) is 0 Å². The minimum absolute atomic E-state index is 0.0400.